The van der Waals surface area contributed by atoms with Gasteiger partial charge in [0.2, 0.25) is 0 Å². The van der Waals surface area contributed by atoms with Gasteiger partial charge in [-0.05, 0) is 25.0 Å². The minimum atomic E-state index is -0.336. The number of morpholine rings is 1. The number of nitrogens with one attached hydrogen (secondary N) is 1. The Morgan fingerprint density at radius 2 is 1.91 bits per heavy atom. The first-order valence-electron chi connectivity index (χ1n) is 11.1. The van der Waals surface area contributed by atoms with Crippen LogP contribution in [0.2, 0.25) is 0 Å². The molecule has 8 nitrogen and oxygen atoms in total. The highest BCUT2D eigenvalue weighted by molar-refractivity contribution is 5.97. The highest BCUT2D eigenvalue weighted by atomic mass is 16.5. The van der Waals surface area contributed by atoms with Gasteiger partial charge in [0.25, 0.3) is 0 Å². The summed E-state index contributed by atoms with van der Waals surface area (Å²) in [5.41, 5.74) is 3.23. The van der Waals surface area contributed by atoms with Gasteiger partial charge in [-0.2, -0.15) is 0 Å². The maximum absolute atomic E-state index is 12.6. The number of aromatic nitrogens is 3. The van der Waals surface area contributed by atoms with Crippen molar-refractivity contribution < 1.29 is 9.15 Å². The van der Waals surface area contributed by atoms with Crippen molar-refractivity contribution in [1.29, 1.82) is 0 Å². The van der Waals surface area contributed by atoms with Gasteiger partial charge in [-0.15, -0.1) is 0 Å². The van der Waals surface area contributed by atoms with E-state index in [0.29, 0.717) is 12.1 Å². The van der Waals surface area contributed by atoms with Gasteiger partial charge < -0.3 is 14.5 Å². The van der Waals surface area contributed by atoms with E-state index in [-0.39, 0.29) is 11.8 Å². The molecule has 3 heterocycles. The number of aryl methyl sites for hydroxylation is 1. The van der Waals surface area contributed by atoms with Gasteiger partial charge in [-0.1, -0.05) is 30.3 Å². The molecular weight excluding hydrogens is 406 g/mol. The van der Waals surface area contributed by atoms with E-state index >= 15 is 0 Å². The zero-order chi connectivity index (χ0) is 21.9. The van der Waals surface area contributed by atoms with E-state index in [1.165, 1.54) is 11.9 Å². The summed E-state index contributed by atoms with van der Waals surface area (Å²) in [5, 5.41) is 4.36. The summed E-state index contributed by atoms with van der Waals surface area (Å²) in [5.74, 6) is 0.402. The third-order valence-electron chi connectivity index (χ3n) is 6.04. The molecule has 0 amide bonds. The first kappa shape index (κ1) is 20.7. The number of hydrogen-bond donors (Lipinski definition) is 1. The zero-order valence-electron chi connectivity index (χ0n) is 18.2. The normalized spacial score (nSPS) is 15.9. The van der Waals surface area contributed by atoms with Crippen molar-refractivity contribution in [3.8, 4) is 0 Å². The van der Waals surface area contributed by atoms with Gasteiger partial charge >= 0.3 is 5.76 Å². The predicted molar refractivity (Wildman–Crippen MR) is 124 cm³/mol. The average molecular weight is 434 g/mol. The van der Waals surface area contributed by atoms with Crippen molar-refractivity contribution in [2.75, 3.05) is 38.2 Å². The van der Waals surface area contributed by atoms with Crippen molar-refractivity contribution in [1.82, 2.24) is 19.4 Å². The Labute approximate surface area is 185 Å². The van der Waals surface area contributed by atoms with E-state index in [1.807, 2.05) is 30.3 Å². The minimum absolute atomic E-state index is 0.0741. The fourth-order valence-corrected chi connectivity index (χ4v) is 4.25. The number of nitrogens with zero attached hydrogens (tertiary/aromatic N) is 4. The summed E-state index contributed by atoms with van der Waals surface area (Å²) in [6, 6.07) is 14.1. The lowest BCUT2D eigenvalue weighted by Crippen LogP contribution is -2.37. The number of oxazole rings is 1. The molecule has 2 aromatic carbocycles. The maximum Gasteiger partial charge on any atom is 0.419 e. The lowest BCUT2D eigenvalue weighted by Gasteiger charge is -2.26. The van der Waals surface area contributed by atoms with Gasteiger partial charge in [0.05, 0.1) is 24.2 Å². The summed E-state index contributed by atoms with van der Waals surface area (Å²) in [6.07, 6.45) is 2.40. The number of ether oxygens (including phenoxy) is 1. The predicted octanol–water partition coefficient (Wildman–Crippen LogP) is 3.43. The summed E-state index contributed by atoms with van der Waals surface area (Å²) in [6.45, 7) is 7.07. The van der Waals surface area contributed by atoms with Gasteiger partial charge in [0, 0.05) is 43.7 Å². The molecule has 0 unspecified atom stereocenters. The first-order chi connectivity index (χ1) is 15.7. The minimum Gasteiger partial charge on any atom is -0.408 e. The number of benzene rings is 2. The average Bonchev–Trinajstić information content (AvgIpc) is 3.13. The Bertz CT molecular complexity index is 1260. The Morgan fingerprint density at radius 3 is 2.72 bits per heavy atom. The highest BCUT2D eigenvalue weighted by Crippen LogP contribution is 2.28. The molecule has 1 fully saturated rings. The smallest absolute Gasteiger partial charge is 0.408 e. The van der Waals surface area contributed by atoms with Crippen LogP contribution in [0.3, 0.4) is 0 Å². The fraction of sp³-hybridized carbons (Fsp3) is 0.375. The Hall–Kier alpha value is -3.23. The van der Waals surface area contributed by atoms with Gasteiger partial charge in [0.15, 0.2) is 5.58 Å². The second-order valence-corrected chi connectivity index (χ2v) is 8.16. The third kappa shape index (κ3) is 4.24. The van der Waals surface area contributed by atoms with Gasteiger partial charge in [0.1, 0.15) is 12.1 Å². The molecular formula is C24H27N5O3. The number of fused-ring (bicyclic) bond motifs is 2. The maximum atomic E-state index is 12.6. The molecule has 32 heavy (non-hydrogen) atoms. The molecule has 4 aromatic rings. The number of rotatable bonds is 7. The Kier molecular flexibility index (Phi) is 5.87. The van der Waals surface area contributed by atoms with E-state index in [0.717, 1.165) is 61.5 Å². The Balaban J connectivity index is 1.43. The molecule has 1 N–H and O–H groups in total. The molecule has 8 heteroatoms. The Morgan fingerprint density at radius 1 is 1.09 bits per heavy atom. The van der Waals surface area contributed by atoms with Crippen LogP contribution in [0.5, 0.6) is 0 Å². The van der Waals surface area contributed by atoms with Crippen molar-refractivity contribution in [2.24, 2.45) is 0 Å². The first-order valence-corrected chi connectivity index (χ1v) is 11.1. The van der Waals surface area contributed by atoms with E-state index < -0.39 is 0 Å². The monoisotopic (exact) mass is 433 g/mol. The van der Waals surface area contributed by atoms with E-state index in [4.69, 9.17) is 9.15 Å². The van der Waals surface area contributed by atoms with Crippen molar-refractivity contribution in [2.45, 2.75) is 25.9 Å². The second kappa shape index (κ2) is 9.10. The van der Waals surface area contributed by atoms with Crippen LogP contribution in [0.25, 0.3) is 22.0 Å². The van der Waals surface area contributed by atoms with E-state index in [9.17, 15) is 4.79 Å². The zero-order valence-corrected chi connectivity index (χ0v) is 18.2. The standard InChI is InChI=1S/C24H27N5O3/c1-17(18-6-3-2-4-7-18)27-23-19-14-21-22(15-20(19)25-16-26-23)32-24(30)29(21)9-5-8-28-10-12-31-13-11-28/h2-4,6-7,14-17H,5,8-13H2,1H3,(H,25,26,27)/t17-/m0/s1. The summed E-state index contributed by atoms with van der Waals surface area (Å²) < 4.78 is 12.7. The second-order valence-electron chi connectivity index (χ2n) is 8.16. The quantitative estimate of drug-likeness (QED) is 0.478. The number of anilines is 1. The van der Waals surface area contributed by atoms with Crippen LogP contribution in [0.4, 0.5) is 5.82 Å². The van der Waals surface area contributed by atoms with E-state index in [2.05, 4.69) is 39.2 Å². The van der Waals surface area contributed by atoms with Crippen LogP contribution in [-0.2, 0) is 11.3 Å². The van der Waals surface area contributed by atoms with Crippen LogP contribution in [0.1, 0.15) is 24.9 Å². The van der Waals surface area contributed by atoms with Crippen molar-refractivity contribution >= 4 is 27.8 Å². The molecule has 0 radical (unpaired) electrons. The lowest BCUT2D eigenvalue weighted by molar-refractivity contribution is 0.0369. The van der Waals surface area contributed by atoms with E-state index in [1.54, 1.807) is 4.57 Å². The molecule has 0 aliphatic carbocycles. The van der Waals surface area contributed by atoms with Gasteiger partial charge in [-0.3, -0.25) is 9.47 Å². The SMILES string of the molecule is C[C@H](Nc1ncnc2cc3oc(=O)n(CCCN4CCOCC4)c3cc12)c1ccccc1. The lowest BCUT2D eigenvalue weighted by atomic mass is 10.1. The van der Waals surface area contributed by atoms with Crippen LogP contribution >= 0.6 is 0 Å². The fourth-order valence-electron chi connectivity index (χ4n) is 4.25. The summed E-state index contributed by atoms with van der Waals surface area (Å²) in [7, 11) is 0. The summed E-state index contributed by atoms with van der Waals surface area (Å²) in [4.78, 5) is 23.8. The third-order valence-corrected chi connectivity index (χ3v) is 6.04. The van der Waals surface area contributed by atoms with Crippen LogP contribution in [0.15, 0.2) is 58.0 Å². The highest BCUT2D eigenvalue weighted by Gasteiger charge is 2.16. The molecule has 1 saturated heterocycles. The molecule has 0 bridgehead atoms. The largest absolute Gasteiger partial charge is 0.419 e. The summed E-state index contributed by atoms with van der Waals surface area (Å²) >= 11 is 0. The van der Waals surface area contributed by atoms with Crippen LogP contribution in [0, 0.1) is 0 Å². The molecule has 1 aliphatic rings. The van der Waals surface area contributed by atoms with Gasteiger partial charge in [-0.25, -0.2) is 14.8 Å². The molecule has 1 aliphatic heterocycles. The molecule has 5 rings (SSSR count). The molecule has 0 saturated carbocycles. The number of hydrogen-bond acceptors (Lipinski definition) is 7. The van der Waals surface area contributed by atoms with Crippen LogP contribution < -0.4 is 11.1 Å². The molecule has 166 valence electrons. The van der Waals surface area contributed by atoms with Crippen molar-refractivity contribution in [3.05, 3.63) is 64.9 Å². The molecule has 1 atom stereocenters. The topological polar surface area (TPSA) is 85.4 Å². The molecule has 2 aromatic heterocycles. The van der Waals surface area contributed by atoms with Crippen molar-refractivity contribution in [3.63, 3.8) is 0 Å². The molecule has 0 spiro atoms. The van der Waals surface area contributed by atoms with Crippen LogP contribution in [-0.4, -0.2) is 52.3 Å².